The van der Waals surface area contributed by atoms with E-state index in [2.05, 4.69) is 10.3 Å². The number of rotatable bonds is 5. The number of aromatic nitrogens is 1. The average molecular weight is 213 g/mol. The lowest BCUT2D eigenvalue weighted by Gasteiger charge is -2.29. The third-order valence-electron chi connectivity index (χ3n) is 2.07. The summed E-state index contributed by atoms with van der Waals surface area (Å²) in [5.41, 5.74) is 4.28. The number of aliphatic hydroxyl groups excluding tert-OH is 3. The van der Waals surface area contributed by atoms with E-state index in [1.807, 2.05) is 0 Å². The maximum atomic E-state index is 9.07. The Bertz CT molecular complexity index is 307. The average Bonchev–Trinajstić information content (AvgIpc) is 2.26. The minimum absolute atomic E-state index is 0.322. The second-order valence-electron chi connectivity index (χ2n) is 3.33. The van der Waals surface area contributed by atoms with Crippen molar-refractivity contribution < 1.29 is 15.3 Å². The summed E-state index contributed by atoms with van der Waals surface area (Å²) in [5, 5.41) is 29.9. The fourth-order valence-electron chi connectivity index (χ4n) is 1.06. The topological polar surface area (TPSA) is 112 Å². The summed E-state index contributed by atoms with van der Waals surface area (Å²) in [6.45, 7) is -1.22. The molecule has 1 rings (SSSR count). The third-order valence-corrected chi connectivity index (χ3v) is 2.07. The van der Waals surface area contributed by atoms with Gasteiger partial charge in [-0.15, -0.1) is 0 Å². The lowest BCUT2D eigenvalue weighted by Crippen LogP contribution is -2.49. The number of anilines is 2. The molecule has 0 aromatic carbocycles. The maximum absolute atomic E-state index is 9.07. The highest BCUT2D eigenvalue weighted by atomic mass is 16.3. The lowest BCUT2D eigenvalue weighted by atomic mass is 10.0. The van der Waals surface area contributed by atoms with Crippen LogP contribution in [0.4, 0.5) is 11.6 Å². The largest absolute Gasteiger partial charge is 0.394 e. The zero-order chi connectivity index (χ0) is 11.3. The van der Waals surface area contributed by atoms with Crippen LogP contribution in [0.3, 0.4) is 0 Å². The van der Waals surface area contributed by atoms with Crippen molar-refractivity contribution in [3.8, 4) is 0 Å². The van der Waals surface area contributed by atoms with Crippen molar-refractivity contribution in [3.05, 3.63) is 18.2 Å². The van der Waals surface area contributed by atoms with Crippen LogP contribution in [0, 0.1) is 0 Å². The molecule has 84 valence electrons. The van der Waals surface area contributed by atoms with E-state index in [1.165, 1.54) is 0 Å². The molecule has 0 bridgehead atoms. The number of pyridine rings is 1. The first kappa shape index (κ1) is 11.7. The van der Waals surface area contributed by atoms with E-state index >= 15 is 0 Å². The lowest BCUT2D eigenvalue weighted by molar-refractivity contribution is 0.0831. The van der Waals surface area contributed by atoms with Crippen LogP contribution in [0.15, 0.2) is 18.2 Å². The van der Waals surface area contributed by atoms with Crippen molar-refractivity contribution in [1.29, 1.82) is 0 Å². The summed E-state index contributed by atoms with van der Waals surface area (Å²) >= 11 is 0. The fourth-order valence-corrected chi connectivity index (χ4v) is 1.06. The van der Waals surface area contributed by atoms with Gasteiger partial charge in [0, 0.05) is 0 Å². The van der Waals surface area contributed by atoms with Crippen LogP contribution in [0.1, 0.15) is 0 Å². The van der Waals surface area contributed by atoms with Gasteiger partial charge in [-0.25, -0.2) is 4.98 Å². The molecule has 1 aromatic rings. The number of hydrogen-bond acceptors (Lipinski definition) is 6. The smallest absolute Gasteiger partial charge is 0.129 e. The van der Waals surface area contributed by atoms with E-state index in [-0.39, 0.29) is 0 Å². The van der Waals surface area contributed by atoms with E-state index in [0.717, 1.165) is 0 Å². The molecule has 0 saturated heterocycles. The number of aliphatic hydroxyl groups is 3. The van der Waals surface area contributed by atoms with Gasteiger partial charge >= 0.3 is 0 Å². The van der Waals surface area contributed by atoms with Gasteiger partial charge in [0.25, 0.3) is 0 Å². The van der Waals surface area contributed by atoms with Crippen molar-refractivity contribution in [3.63, 3.8) is 0 Å². The fraction of sp³-hybridized carbons (Fsp3) is 0.444. The van der Waals surface area contributed by atoms with Gasteiger partial charge in [-0.3, -0.25) is 0 Å². The van der Waals surface area contributed by atoms with Crippen LogP contribution in [0.25, 0.3) is 0 Å². The van der Waals surface area contributed by atoms with Crippen molar-refractivity contribution in [2.24, 2.45) is 0 Å². The SMILES string of the molecule is Nc1cccc(NC(CO)(CO)CO)n1. The van der Waals surface area contributed by atoms with Crippen LogP contribution < -0.4 is 11.1 Å². The monoisotopic (exact) mass is 213 g/mol. The molecule has 6 N–H and O–H groups in total. The number of nitrogen functional groups attached to an aromatic ring is 1. The van der Waals surface area contributed by atoms with E-state index in [1.54, 1.807) is 18.2 Å². The molecule has 0 spiro atoms. The van der Waals surface area contributed by atoms with Crippen LogP contribution in [0.2, 0.25) is 0 Å². The first-order valence-electron chi connectivity index (χ1n) is 4.49. The quantitative estimate of drug-likeness (QED) is 0.419. The van der Waals surface area contributed by atoms with E-state index in [0.29, 0.717) is 11.6 Å². The molecule has 0 saturated carbocycles. The van der Waals surface area contributed by atoms with E-state index < -0.39 is 25.4 Å². The summed E-state index contributed by atoms with van der Waals surface area (Å²) in [5.74, 6) is 0.717. The molecule has 0 atom stereocenters. The minimum atomic E-state index is -1.18. The van der Waals surface area contributed by atoms with Gasteiger partial charge in [0.1, 0.15) is 17.2 Å². The molecule has 0 aliphatic carbocycles. The molecule has 0 unspecified atom stereocenters. The van der Waals surface area contributed by atoms with E-state index in [4.69, 9.17) is 21.1 Å². The molecule has 0 fully saturated rings. The Morgan fingerprint density at radius 3 is 2.27 bits per heavy atom. The Morgan fingerprint density at radius 2 is 1.80 bits per heavy atom. The normalized spacial score (nSPS) is 11.4. The Balaban J connectivity index is 2.82. The van der Waals surface area contributed by atoms with Gasteiger partial charge in [-0.1, -0.05) is 6.07 Å². The zero-order valence-electron chi connectivity index (χ0n) is 8.22. The minimum Gasteiger partial charge on any atom is -0.394 e. The van der Waals surface area contributed by atoms with Gasteiger partial charge in [-0.05, 0) is 12.1 Å². The predicted molar refractivity (Wildman–Crippen MR) is 56.3 cm³/mol. The Hall–Kier alpha value is -1.37. The molecule has 0 amide bonds. The third kappa shape index (κ3) is 2.79. The highest BCUT2D eigenvalue weighted by molar-refractivity contribution is 5.44. The highest BCUT2D eigenvalue weighted by Gasteiger charge is 2.28. The Kier molecular flexibility index (Phi) is 3.84. The van der Waals surface area contributed by atoms with Crippen molar-refractivity contribution in [1.82, 2.24) is 4.98 Å². The number of nitrogens with zero attached hydrogens (tertiary/aromatic N) is 1. The van der Waals surface area contributed by atoms with Crippen molar-refractivity contribution >= 4 is 11.6 Å². The second-order valence-corrected chi connectivity index (χ2v) is 3.33. The van der Waals surface area contributed by atoms with Crippen LogP contribution in [-0.2, 0) is 0 Å². The summed E-state index contributed by atoms with van der Waals surface area (Å²) < 4.78 is 0. The molecule has 0 aliphatic heterocycles. The summed E-state index contributed by atoms with van der Waals surface area (Å²) in [6, 6.07) is 4.93. The first-order valence-corrected chi connectivity index (χ1v) is 4.49. The van der Waals surface area contributed by atoms with Crippen LogP contribution in [0.5, 0.6) is 0 Å². The van der Waals surface area contributed by atoms with Crippen molar-refractivity contribution in [2.75, 3.05) is 30.9 Å². The van der Waals surface area contributed by atoms with Crippen LogP contribution >= 0.6 is 0 Å². The number of hydrogen-bond donors (Lipinski definition) is 5. The van der Waals surface area contributed by atoms with Crippen LogP contribution in [-0.4, -0.2) is 45.7 Å². The molecular formula is C9H15N3O3. The maximum Gasteiger partial charge on any atom is 0.129 e. The predicted octanol–water partition coefficient (Wildman–Crippen LogP) is -1.21. The molecule has 1 heterocycles. The molecule has 1 aromatic heterocycles. The Morgan fingerprint density at radius 1 is 1.20 bits per heavy atom. The highest BCUT2D eigenvalue weighted by Crippen LogP contribution is 2.13. The zero-order valence-corrected chi connectivity index (χ0v) is 8.22. The van der Waals surface area contributed by atoms with Gasteiger partial charge < -0.3 is 26.4 Å². The molecule has 6 heteroatoms. The molecule has 0 radical (unpaired) electrons. The van der Waals surface area contributed by atoms with Crippen molar-refractivity contribution in [2.45, 2.75) is 5.54 Å². The van der Waals surface area contributed by atoms with E-state index in [9.17, 15) is 0 Å². The number of nitrogens with one attached hydrogen (secondary N) is 1. The molecule has 0 aliphatic rings. The first-order chi connectivity index (χ1) is 7.15. The summed E-state index contributed by atoms with van der Waals surface area (Å²) in [4.78, 5) is 3.94. The standard InChI is InChI=1S/C9H15N3O3/c10-7-2-1-3-8(11-7)12-9(4-13,5-14)6-15/h1-3,13-15H,4-6H2,(H3,10,11,12). The summed E-state index contributed by atoms with van der Waals surface area (Å²) in [7, 11) is 0. The summed E-state index contributed by atoms with van der Waals surface area (Å²) in [6.07, 6.45) is 0. The number of nitrogens with two attached hydrogens (primary N) is 1. The van der Waals surface area contributed by atoms with Gasteiger partial charge in [0.15, 0.2) is 0 Å². The molecule has 15 heavy (non-hydrogen) atoms. The Labute approximate surface area is 87.4 Å². The van der Waals surface area contributed by atoms with Gasteiger partial charge in [-0.2, -0.15) is 0 Å². The molecule has 6 nitrogen and oxygen atoms in total. The molecular weight excluding hydrogens is 198 g/mol. The van der Waals surface area contributed by atoms with Gasteiger partial charge in [0.05, 0.1) is 19.8 Å². The second kappa shape index (κ2) is 4.92. The van der Waals surface area contributed by atoms with Gasteiger partial charge in [0.2, 0.25) is 0 Å².